The lowest BCUT2D eigenvalue weighted by molar-refractivity contribution is 0.0744. The molecule has 3 heteroatoms. The second-order valence-electron chi connectivity index (χ2n) is 5.38. The summed E-state index contributed by atoms with van der Waals surface area (Å²) in [4.78, 5) is 19.0. The van der Waals surface area contributed by atoms with Crippen LogP contribution >= 0.6 is 0 Å². The molecular formula is C19H18N2O. The lowest BCUT2D eigenvalue weighted by atomic mass is 10.0. The van der Waals surface area contributed by atoms with E-state index in [4.69, 9.17) is 0 Å². The van der Waals surface area contributed by atoms with Crippen LogP contribution in [0.5, 0.6) is 0 Å². The molecule has 22 heavy (non-hydrogen) atoms. The molecular weight excluding hydrogens is 272 g/mol. The van der Waals surface area contributed by atoms with Crippen molar-refractivity contribution < 1.29 is 4.79 Å². The number of aromatic nitrogens is 1. The number of pyridine rings is 1. The Bertz CT molecular complexity index is 793. The molecule has 3 rings (SSSR count). The van der Waals surface area contributed by atoms with Gasteiger partial charge in [0.2, 0.25) is 0 Å². The van der Waals surface area contributed by atoms with Gasteiger partial charge in [0.15, 0.2) is 0 Å². The molecule has 2 aromatic carbocycles. The van der Waals surface area contributed by atoms with Gasteiger partial charge in [-0.25, -0.2) is 0 Å². The molecule has 1 atom stereocenters. The van der Waals surface area contributed by atoms with E-state index in [0.717, 1.165) is 16.5 Å². The van der Waals surface area contributed by atoms with Crippen LogP contribution in [-0.2, 0) is 0 Å². The SMILES string of the molecule is CC(c1ccccc1)N(C)C(=O)c1cccc2ncccc12. The van der Waals surface area contributed by atoms with Crippen molar-refractivity contribution in [3.8, 4) is 0 Å². The summed E-state index contributed by atoms with van der Waals surface area (Å²) in [7, 11) is 1.84. The van der Waals surface area contributed by atoms with Crippen LogP contribution in [0.1, 0.15) is 28.9 Å². The molecule has 0 bridgehead atoms. The van der Waals surface area contributed by atoms with E-state index < -0.39 is 0 Å². The minimum absolute atomic E-state index is 0.00922. The van der Waals surface area contributed by atoms with Gasteiger partial charge in [0, 0.05) is 24.2 Å². The van der Waals surface area contributed by atoms with Crippen molar-refractivity contribution in [3.05, 3.63) is 78.0 Å². The third kappa shape index (κ3) is 2.58. The van der Waals surface area contributed by atoms with Crippen LogP contribution in [0.3, 0.4) is 0 Å². The van der Waals surface area contributed by atoms with Gasteiger partial charge in [-0.15, -0.1) is 0 Å². The predicted molar refractivity (Wildman–Crippen MR) is 88.7 cm³/mol. The van der Waals surface area contributed by atoms with Gasteiger partial charge in [-0.1, -0.05) is 42.5 Å². The van der Waals surface area contributed by atoms with Gasteiger partial charge in [0.1, 0.15) is 0 Å². The molecule has 0 aliphatic carbocycles. The summed E-state index contributed by atoms with van der Waals surface area (Å²) in [5.41, 5.74) is 2.65. The standard InChI is InChI=1S/C19H18N2O/c1-14(15-8-4-3-5-9-15)21(2)19(22)17-10-6-12-18-16(17)11-7-13-20-18/h3-14H,1-2H3. The number of carbonyl (C=O) groups is 1. The van der Waals surface area contributed by atoms with E-state index in [9.17, 15) is 4.79 Å². The Labute approximate surface area is 130 Å². The van der Waals surface area contributed by atoms with E-state index >= 15 is 0 Å². The molecule has 0 saturated heterocycles. The minimum atomic E-state index is 0.00922. The molecule has 110 valence electrons. The summed E-state index contributed by atoms with van der Waals surface area (Å²) >= 11 is 0. The third-order valence-electron chi connectivity index (χ3n) is 4.06. The van der Waals surface area contributed by atoms with Gasteiger partial charge in [-0.2, -0.15) is 0 Å². The topological polar surface area (TPSA) is 33.2 Å². The summed E-state index contributed by atoms with van der Waals surface area (Å²) in [6.07, 6.45) is 1.74. The summed E-state index contributed by atoms with van der Waals surface area (Å²) < 4.78 is 0. The van der Waals surface area contributed by atoms with Crippen molar-refractivity contribution in [3.63, 3.8) is 0 Å². The third-order valence-corrected chi connectivity index (χ3v) is 4.06. The Morgan fingerprint density at radius 3 is 2.55 bits per heavy atom. The Kier molecular flexibility index (Phi) is 3.88. The van der Waals surface area contributed by atoms with Crippen LogP contribution < -0.4 is 0 Å². The number of amides is 1. The Hall–Kier alpha value is -2.68. The van der Waals surface area contributed by atoms with Crippen LogP contribution in [0.25, 0.3) is 10.9 Å². The predicted octanol–water partition coefficient (Wildman–Crippen LogP) is 4.07. The molecule has 3 nitrogen and oxygen atoms in total. The van der Waals surface area contributed by atoms with Crippen molar-refractivity contribution in [2.75, 3.05) is 7.05 Å². The lowest BCUT2D eigenvalue weighted by Crippen LogP contribution is -2.29. The van der Waals surface area contributed by atoms with Crippen molar-refractivity contribution in [2.24, 2.45) is 0 Å². The molecule has 0 spiro atoms. The fourth-order valence-corrected chi connectivity index (χ4v) is 2.61. The maximum absolute atomic E-state index is 12.9. The van der Waals surface area contributed by atoms with Gasteiger partial charge >= 0.3 is 0 Å². The van der Waals surface area contributed by atoms with Crippen LogP contribution in [0.4, 0.5) is 0 Å². The zero-order valence-corrected chi connectivity index (χ0v) is 12.7. The normalized spacial score (nSPS) is 12.1. The highest BCUT2D eigenvalue weighted by molar-refractivity contribution is 6.06. The average Bonchev–Trinajstić information content (AvgIpc) is 2.60. The molecule has 1 heterocycles. The van der Waals surface area contributed by atoms with Gasteiger partial charge in [-0.05, 0) is 30.7 Å². The lowest BCUT2D eigenvalue weighted by Gasteiger charge is -2.26. The highest BCUT2D eigenvalue weighted by atomic mass is 16.2. The van der Waals surface area contributed by atoms with Crippen molar-refractivity contribution >= 4 is 16.8 Å². The fraction of sp³-hybridized carbons (Fsp3) is 0.158. The first-order valence-corrected chi connectivity index (χ1v) is 7.34. The van der Waals surface area contributed by atoms with E-state index in [2.05, 4.69) is 4.98 Å². The summed E-state index contributed by atoms with van der Waals surface area (Å²) in [6.45, 7) is 2.04. The first-order chi connectivity index (χ1) is 10.7. The molecule has 1 aromatic heterocycles. The molecule has 3 aromatic rings. The summed E-state index contributed by atoms with van der Waals surface area (Å²) in [5, 5.41) is 0.891. The Morgan fingerprint density at radius 2 is 1.77 bits per heavy atom. The Balaban J connectivity index is 1.96. The van der Waals surface area contributed by atoms with E-state index in [-0.39, 0.29) is 11.9 Å². The zero-order valence-electron chi connectivity index (χ0n) is 12.7. The molecule has 0 N–H and O–H groups in total. The van der Waals surface area contributed by atoms with Crippen LogP contribution in [-0.4, -0.2) is 22.8 Å². The monoisotopic (exact) mass is 290 g/mol. The smallest absolute Gasteiger partial charge is 0.254 e. The minimum Gasteiger partial charge on any atom is -0.335 e. The van der Waals surface area contributed by atoms with Crippen LogP contribution in [0, 0.1) is 0 Å². The number of fused-ring (bicyclic) bond motifs is 1. The Morgan fingerprint density at radius 1 is 1.00 bits per heavy atom. The number of hydrogen-bond acceptors (Lipinski definition) is 2. The van der Waals surface area contributed by atoms with Gasteiger partial charge in [-0.3, -0.25) is 9.78 Å². The highest BCUT2D eigenvalue weighted by Gasteiger charge is 2.20. The molecule has 0 aliphatic heterocycles. The molecule has 0 aliphatic rings. The summed E-state index contributed by atoms with van der Waals surface area (Å²) in [5.74, 6) is 0.00922. The maximum atomic E-state index is 12.9. The highest BCUT2D eigenvalue weighted by Crippen LogP contribution is 2.23. The number of hydrogen-bond donors (Lipinski definition) is 0. The second-order valence-corrected chi connectivity index (χ2v) is 5.38. The number of carbonyl (C=O) groups excluding carboxylic acids is 1. The zero-order chi connectivity index (χ0) is 15.5. The van der Waals surface area contributed by atoms with Gasteiger partial charge in [0.25, 0.3) is 5.91 Å². The average molecular weight is 290 g/mol. The molecule has 0 fully saturated rings. The molecule has 1 unspecified atom stereocenters. The van der Waals surface area contributed by atoms with Crippen LogP contribution in [0.2, 0.25) is 0 Å². The van der Waals surface area contributed by atoms with E-state index in [1.807, 2.05) is 74.6 Å². The quantitative estimate of drug-likeness (QED) is 0.728. The van der Waals surface area contributed by atoms with Crippen LogP contribution in [0.15, 0.2) is 66.9 Å². The van der Waals surface area contributed by atoms with Crippen molar-refractivity contribution in [1.82, 2.24) is 9.88 Å². The number of nitrogens with zero attached hydrogens (tertiary/aromatic N) is 2. The largest absolute Gasteiger partial charge is 0.335 e. The molecule has 0 saturated carbocycles. The fourth-order valence-electron chi connectivity index (χ4n) is 2.61. The summed E-state index contributed by atoms with van der Waals surface area (Å²) in [6, 6.07) is 19.5. The number of benzene rings is 2. The molecule has 0 radical (unpaired) electrons. The second kappa shape index (κ2) is 5.98. The van der Waals surface area contributed by atoms with Crippen molar-refractivity contribution in [2.45, 2.75) is 13.0 Å². The van der Waals surface area contributed by atoms with Gasteiger partial charge < -0.3 is 4.90 Å². The van der Waals surface area contributed by atoms with E-state index in [1.165, 1.54) is 0 Å². The maximum Gasteiger partial charge on any atom is 0.254 e. The first-order valence-electron chi connectivity index (χ1n) is 7.34. The molecule has 1 amide bonds. The number of rotatable bonds is 3. The van der Waals surface area contributed by atoms with E-state index in [1.54, 1.807) is 11.1 Å². The van der Waals surface area contributed by atoms with Crippen molar-refractivity contribution in [1.29, 1.82) is 0 Å². The first kappa shape index (κ1) is 14.3. The van der Waals surface area contributed by atoms with Gasteiger partial charge in [0.05, 0.1) is 11.6 Å². The van der Waals surface area contributed by atoms with E-state index in [0.29, 0.717) is 5.56 Å².